The molecule has 0 radical (unpaired) electrons. The molecular weight excluding hydrogens is 270 g/mol. The maximum absolute atomic E-state index is 5.96. The van der Waals surface area contributed by atoms with Gasteiger partial charge in [-0.2, -0.15) is 0 Å². The van der Waals surface area contributed by atoms with Crippen LogP contribution in [0.4, 0.5) is 0 Å². The van der Waals surface area contributed by atoms with Gasteiger partial charge in [-0.1, -0.05) is 19.8 Å². The van der Waals surface area contributed by atoms with E-state index in [1.807, 2.05) is 12.4 Å². The number of pyridine rings is 1. The van der Waals surface area contributed by atoms with E-state index < -0.39 is 0 Å². The van der Waals surface area contributed by atoms with Gasteiger partial charge in [0.25, 0.3) is 0 Å². The molecule has 2 atom stereocenters. The topological polar surface area (TPSA) is 30.7 Å². The first-order chi connectivity index (χ1) is 9.79. The number of aryl methyl sites for hydroxylation is 1. The lowest BCUT2D eigenvalue weighted by Gasteiger charge is -2.20. The molecule has 3 rings (SSSR count). The molecular formula is C16H22ClN3. The number of hydrogen-bond acceptors (Lipinski definition) is 2. The van der Waals surface area contributed by atoms with Crippen molar-refractivity contribution >= 4 is 22.6 Å². The lowest BCUT2D eigenvalue weighted by Crippen LogP contribution is -2.12. The van der Waals surface area contributed by atoms with Crippen LogP contribution in [0.1, 0.15) is 50.9 Å². The number of halogens is 1. The van der Waals surface area contributed by atoms with Crippen molar-refractivity contribution in [2.75, 3.05) is 5.88 Å². The van der Waals surface area contributed by atoms with E-state index in [1.165, 1.54) is 37.6 Å². The molecule has 0 spiro atoms. The number of rotatable bonds is 3. The second-order valence-electron chi connectivity index (χ2n) is 5.97. The SMILES string of the molecule is CC1CCCC(n2c(CCCl)nc3cnccc32)CC1. The Labute approximate surface area is 125 Å². The number of fused-ring (bicyclic) bond motifs is 1. The normalized spacial score (nSPS) is 23.9. The van der Waals surface area contributed by atoms with Gasteiger partial charge in [0.05, 0.1) is 11.7 Å². The first-order valence-electron chi connectivity index (χ1n) is 7.66. The Hall–Kier alpha value is -1.09. The Kier molecular flexibility index (Phi) is 4.25. The Balaban J connectivity index is 2.01. The Morgan fingerprint density at radius 2 is 2.20 bits per heavy atom. The van der Waals surface area contributed by atoms with Gasteiger partial charge >= 0.3 is 0 Å². The standard InChI is InChI=1S/C16H22ClN3/c1-12-3-2-4-13(6-5-12)20-15-8-10-18-11-14(15)19-16(20)7-9-17/h8,10-13H,2-7,9H2,1H3. The molecule has 0 saturated heterocycles. The van der Waals surface area contributed by atoms with Crippen molar-refractivity contribution in [3.63, 3.8) is 0 Å². The van der Waals surface area contributed by atoms with Crippen molar-refractivity contribution in [1.29, 1.82) is 0 Å². The zero-order valence-corrected chi connectivity index (χ0v) is 12.8. The number of alkyl halides is 1. The predicted molar refractivity (Wildman–Crippen MR) is 83.2 cm³/mol. The molecule has 0 amide bonds. The van der Waals surface area contributed by atoms with Gasteiger partial charge in [-0.05, 0) is 31.2 Å². The van der Waals surface area contributed by atoms with Gasteiger partial charge in [0, 0.05) is 24.5 Å². The molecule has 2 heterocycles. The Morgan fingerprint density at radius 1 is 1.30 bits per heavy atom. The molecule has 3 nitrogen and oxygen atoms in total. The van der Waals surface area contributed by atoms with E-state index in [9.17, 15) is 0 Å². The average Bonchev–Trinajstić information content (AvgIpc) is 2.67. The van der Waals surface area contributed by atoms with Crippen LogP contribution in [0.2, 0.25) is 0 Å². The van der Waals surface area contributed by atoms with E-state index >= 15 is 0 Å². The van der Waals surface area contributed by atoms with E-state index in [-0.39, 0.29) is 0 Å². The maximum Gasteiger partial charge on any atom is 0.111 e. The highest BCUT2D eigenvalue weighted by Crippen LogP contribution is 2.33. The fraction of sp³-hybridized carbons (Fsp3) is 0.625. The number of aromatic nitrogens is 3. The molecule has 2 aromatic rings. The lowest BCUT2D eigenvalue weighted by molar-refractivity contribution is 0.431. The van der Waals surface area contributed by atoms with Crippen LogP contribution < -0.4 is 0 Å². The smallest absolute Gasteiger partial charge is 0.111 e. The lowest BCUT2D eigenvalue weighted by atomic mass is 10.0. The van der Waals surface area contributed by atoms with Crippen LogP contribution in [-0.2, 0) is 6.42 Å². The summed E-state index contributed by atoms with van der Waals surface area (Å²) in [6.07, 6.45) is 11.1. The van der Waals surface area contributed by atoms with E-state index in [1.54, 1.807) is 0 Å². The minimum absolute atomic E-state index is 0.575. The molecule has 20 heavy (non-hydrogen) atoms. The quantitative estimate of drug-likeness (QED) is 0.621. The first kappa shape index (κ1) is 13.9. The molecule has 0 aliphatic heterocycles. The van der Waals surface area contributed by atoms with Crippen LogP contribution >= 0.6 is 11.6 Å². The minimum atomic E-state index is 0.575. The molecule has 108 valence electrons. The zero-order valence-electron chi connectivity index (χ0n) is 12.1. The summed E-state index contributed by atoms with van der Waals surface area (Å²) in [5.74, 6) is 2.61. The predicted octanol–water partition coefficient (Wildman–Crippen LogP) is 4.35. The molecule has 2 aromatic heterocycles. The number of hydrogen-bond donors (Lipinski definition) is 0. The van der Waals surface area contributed by atoms with Crippen LogP contribution in [0.15, 0.2) is 18.5 Å². The monoisotopic (exact) mass is 291 g/mol. The van der Waals surface area contributed by atoms with Crippen molar-refractivity contribution < 1.29 is 0 Å². The van der Waals surface area contributed by atoms with E-state index in [0.29, 0.717) is 11.9 Å². The van der Waals surface area contributed by atoms with Crippen LogP contribution in [0.3, 0.4) is 0 Å². The van der Waals surface area contributed by atoms with Gasteiger partial charge < -0.3 is 4.57 Å². The maximum atomic E-state index is 5.96. The van der Waals surface area contributed by atoms with Crippen molar-refractivity contribution in [2.24, 2.45) is 5.92 Å². The molecule has 4 heteroatoms. The largest absolute Gasteiger partial charge is 0.325 e. The summed E-state index contributed by atoms with van der Waals surface area (Å²) < 4.78 is 2.44. The van der Waals surface area contributed by atoms with Gasteiger partial charge in [0.2, 0.25) is 0 Å². The summed E-state index contributed by atoms with van der Waals surface area (Å²) >= 11 is 5.96. The highest BCUT2D eigenvalue weighted by Gasteiger charge is 2.22. The van der Waals surface area contributed by atoms with Crippen LogP contribution in [-0.4, -0.2) is 20.4 Å². The molecule has 1 aliphatic rings. The van der Waals surface area contributed by atoms with Crippen molar-refractivity contribution in [3.05, 3.63) is 24.3 Å². The molecule has 0 N–H and O–H groups in total. The molecule has 1 aliphatic carbocycles. The summed E-state index contributed by atoms with van der Waals surface area (Å²) in [5, 5.41) is 0. The third-order valence-electron chi connectivity index (χ3n) is 4.48. The van der Waals surface area contributed by atoms with E-state index in [4.69, 9.17) is 16.6 Å². The van der Waals surface area contributed by atoms with Crippen LogP contribution in [0.5, 0.6) is 0 Å². The third kappa shape index (κ3) is 2.69. The molecule has 0 bridgehead atoms. The Morgan fingerprint density at radius 3 is 3.05 bits per heavy atom. The summed E-state index contributed by atoms with van der Waals surface area (Å²) in [5.41, 5.74) is 2.23. The minimum Gasteiger partial charge on any atom is -0.325 e. The number of imidazole rings is 1. The van der Waals surface area contributed by atoms with Gasteiger partial charge in [-0.15, -0.1) is 11.6 Å². The van der Waals surface area contributed by atoms with Crippen LogP contribution in [0.25, 0.3) is 11.0 Å². The van der Waals surface area contributed by atoms with Gasteiger partial charge in [-0.25, -0.2) is 4.98 Å². The summed E-state index contributed by atoms with van der Waals surface area (Å²) in [7, 11) is 0. The second kappa shape index (κ2) is 6.13. The van der Waals surface area contributed by atoms with Gasteiger partial charge in [0.1, 0.15) is 11.3 Å². The summed E-state index contributed by atoms with van der Waals surface area (Å²) in [4.78, 5) is 8.94. The zero-order chi connectivity index (χ0) is 13.9. The fourth-order valence-electron chi connectivity index (χ4n) is 3.39. The van der Waals surface area contributed by atoms with Gasteiger partial charge in [0.15, 0.2) is 0 Å². The Bertz CT molecular complexity index is 578. The van der Waals surface area contributed by atoms with Crippen LogP contribution in [0, 0.1) is 5.92 Å². The average molecular weight is 292 g/mol. The molecule has 0 aromatic carbocycles. The third-order valence-corrected chi connectivity index (χ3v) is 4.66. The second-order valence-corrected chi connectivity index (χ2v) is 6.35. The summed E-state index contributed by atoms with van der Waals surface area (Å²) in [6.45, 7) is 2.37. The fourth-order valence-corrected chi connectivity index (χ4v) is 3.56. The van der Waals surface area contributed by atoms with Crippen molar-refractivity contribution in [3.8, 4) is 0 Å². The van der Waals surface area contributed by atoms with Crippen molar-refractivity contribution in [2.45, 2.75) is 51.5 Å². The van der Waals surface area contributed by atoms with E-state index in [0.717, 1.165) is 23.7 Å². The first-order valence-corrected chi connectivity index (χ1v) is 8.20. The van der Waals surface area contributed by atoms with Crippen molar-refractivity contribution in [1.82, 2.24) is 14.5 Å². The molecule has 2 unspecified atom stereocenters. The highest BCUT2D eigenvalue weighted by molar-refractivity contribution is 6.17. The van der Waals surface area contributed by atoms with Gasteiger partial charge in [-0.3, -0.25) is 4.98 Å². The highest BCUT2D eigenvalue weighted by atomic mass is 35.5. The summed E-state index contributed by atoms with van der Waals surface area (Å²) in [6, 6.07) is 2.67. The van der Waals surface area contributed by atoms with E-state index in [2.05, 4.69) is 22.5 Å². The number of nitrogens with zero attached hydrogens (tertiary/aromatic N) is 3. The molecule has 1 saturated carbocycles. The molecule has 1 fully saturated rings.